The molecule has 1 rings (SSSR count). The van der Waals surface area contributed by atoms with E-state index in [4.69, 9.17) is 4.74 Å². The van der Waals surface area contributed by atoms with Crippen LogP contribution in [0.25, 0.3) is 0 Å². The highest BCUT2D eigenvalue weighted by Gasteiger charge is 2.17. The van der Waals surface area contributed by atoms with Crippen LogP contribution < -0.4 is 0 Å². The van der Waals surface area contributed by atoms with E-state index in [0.29, 0.717) is 0 Å². The van der Waals surface area contributed by atoms with Crippen molar-refractivity contribution >= 4 is 11.9 Å². The molecule has 6 heteroatoms. The van der Waals surface area contributed by atoms with E-state index >= 15 is 0 Å². The Labute approximate surface area is 85.3 Å². The first-order valence-electron chi connectivity index (χ1n) is 4.17. The molecule has 0 aliphatic heterocycles. The predicted molar refractivity (Wildman–Crippen MR) is 50.5 cm³/mol. The fourth-order valence-corrected chi connectivity index (χ4v) is 0.827. The number of nitro groups is 1. The molecule has 0 fully saturated rings. The van der Waals surface area contributed by atoms with E-state index in [1.54, 1.807) is 19.1 Å². The quantitative estimate of drug-likeness (QED) is 0.329. The summed E-state index contributed by atoms with van der Waals surface area (Å²) in [4.78, 5) is 20.7. The highest BCUT2D eigenvalue weighted by Crippen LogP contribution is 2.16. The number of carbonyl (C=O) groups excluding carboxylic acids is 1. The molecule has 0 amide bonds. The van der Waals surface area contributed by atoms with Gasteiger partial charge in [-0.1, -0.05) is 12.2 Å². The largest absolute Gasteiger partial charge is 0.456 e. The van der Waals surface area contributed by atoms with Gasteiger partial charge in [0.05, 0.1) is 6.07 Å². The van der Waals surface area contributed by atoms with Gasteiger partial charge in [0.2, 0.25) is 5.76 Å². The van der Waals surface area contributed by atoms with Gasteiger partial charge in [-0.3, -0.25) is 10.1 Å². The third kappa shape index (κ3) is 2.94. The minimum absolute atomic E-state index is 0.115. The van der Waals surface area contributed by atoms with Gasteiger partial charge in [-0.05, 0) is 13.0 Å². The maximum absolute atomic E-state index is 11.2. The van der Waals surface area contributed by atoms with Crippen LogP contribution in [0.3, 0.4) is 0 Å². The Hall–Kier alpha value is -2.11. The zero-order valence-electron chi connectivity index (χ0n) is 8.00. The summed E-state index contributed by atoms with van der Waals surface area (Å²) in [6.07, 6.45) is 3.35. The lowest BCUT2D eigenvalue weighted by Gasteiger charge is -1.96. The third-order valence-corrected chi connectivity index (χ3v) is 1.52. The van der Waals surface area contributed by atoms with Gasteiger partial charge in [-0.15, -0.1) is 0 Å². The lowest BCUT2D eigenvalue weighted by molar-refractivity contribution is -0.402. The van der Waals surface area contributed by atoms with E-state index in [9.17, 15) is 14.9 Å². The lowest BCUT2D eigenvalue weighted by Crippen LogP contribution is -2.03. The van der Waals surface area contributed by atoms with Gasteiger partial charge in [0.1, 0.15) is 11.5 Å². The molecule has 0 atom stereocenters. The van der Waals surface area contributed by atoms with Crippen molar-refractivity contribution in [2.45, 2.75) is 6.92 Å². The predicted octanol–water partition coefficient (Wildman–Crippen LogP) is 1.92. The van der Waals surface area contributed by atoms with Crippen LogP contribution in [-0.2, 0) is 4.74 Å². The number of hydrogen-bond acceptors (Lipinski definition) is 5. The van der Waals surface area contributed by atoms with Gasteiger partial charge < -0.3 is 9.15 Å². The number of allylic oxidation sites excluding steroid dienone is 1. The standard InChI is InChI=1S/C9H9NO5/c1-2-3-6-14-9(11)7-4-5-8(15-7)10(12)13/h2-5H,6H2,1H3/b3-2+. The van der Waals surface area contributed by atoms with E-state index in [2.05, 4.69) is 4.42 Å². The van der Waals surface area contributed by atoms with Crippen LogP contribution >= 0.6 is 0 Å². The molecule has 1 heterocycles. The molecule has 0 saturated carbocycles. The zero-order valence-corrected chi connectivity index (χ0v) is 8.00. The number of hydrogen-bond donors (Lipinski definition) is 0. The first-order chi connectivity index (χ1) is 7.15. The highest BCUT2D eigenvalue weighted by atomic mass is 16.7. The van der Waals surface area contributed by atoms with E-state index in [1.165, 1.54) is 6.07 Å². The summed E-state index contributed by atoms with van der Waals surface area (Å²) in [5.74, 6) is -1.37. The van der Waals surface area contributed by atoms with Crippen LogP contribution in [-0.4, -0.2) is 17.5 Å². The van der Waals surface area contributed by atoms with Crippen molar-refractivity contribution < 1.29 is 18.9 Å². The molecule has 0 aliphatic rings. The Morgan fingerprint density at radius 3 is 2.93 bits per heavy atom. The van der Waals surface area contributed by atoms with Gasteiger partial charge in [0.25, 0.3) is 0 Å². The molecule has 0 spiro atoms. The van der Waals surface area contributed by atoms with Crippen LogP contribution in [0.2, 0.25) is 0 Å². The minimum atomic E-state index is -0.721. The molecule has 80 valence electrons. The smallest absolute Gasteiger partial charge is 0.433 e. The van der Waals surface area contributed by atoms with Crippen molar-refractivity contribution in [3.63, 3.8) is 0 Å². The Morgan fingerprint density at radius 1 is 1.67 bits per heavy atom. The second kappa shape index (κ2) is 4.94. The van der Waals surface area contributed by atoms with Crippen LogP contribution in [0, 0.1) is 10.1 Å². The van der Waals surface area contributed by atoms with E-state index in [0.717, 1.165) is 6.07 Å². The maximum Gasteiger partial charge on any atom is 0.433 e. The van der Waals surface area contributed by atoms with Crippen molar-refractivity contribution in [1.82, 2.24) is 0 Å². The molecule has 1 aromatic rings. The summed E-state index contributed by atoms with van der Waals surface area (Å²) < 4.78 is 9.36. The van der Waals surface area contributed by atoms with Crippen LogP contribution in [0.5, 0.6) is 0 Å². The molecule has 0 saturated heterocycles. The van der Waals surface area contributed by atoms with Crippen molar-refractivity contribution in [3.8, 4) is 0 Å². The zero-order chi connectivity index (χ0) is 11.3. The lowest BCUT2D eigenvalue weighted by atomic mass is 10.4. The molecular weight excluding hydrogens is 202 g/mol. The van der Waals surface area contributed by atoms with Crippen molar-refractivity contribution in [3.05, 3.63) is 40.2 Å². The Bertz CT molecular complexity index is 393. The molecule has 0 aliphatic carbocycles. The summed E-state index contributed by atoms with van der Waals surface area (Å²) in [5, 5.41) is 10.2. The summed E-state index contributed by atoms with van der Waals surface area (Å²) in [6.45, 7) is 1.90. The van der Waals surface area contributed by atoms with Gasteiger partial charge in [-0.2, -0.15) is 0 Å². The molecule has 6 nitrogen and oxygen atoms in total. The van der Waals surface area contributed by atoms with Gasteiger partial charge in [-0.25, -0.2) is 4.79 Å². The Balaban J connectivity index is 2.62. The van der Waals surface area contributed by atoms with E-state index in [-0.39, 0.29) is 12.4 Å². The van der Waals surface area contributed by atoms with Gasteiger partial charge in [0.15, 0.2) is 0 Å². The molecule has 0 radical (unpaired) electrons. The molecule has 0 unspecified atom stereocenters. The van der Waals surface area contributed by atoms with Crippen LogP contribution in [0.15, 0.2) is 28.7 Å². The number of furan rings is 1. The molecule has 0 aromatic carbocycles. The monoisotopic (exact) mass is 211 g/mol. The molecule has 0 bridgehead atoms. The summed E-state index contributed by atoms with van der Waals surface area (Å²) >= 11 is 0. The molecule has 15 heavy (non-hydrogen) atoms. The first-order valence-corrected chi connectivity index (χ1v) is 4.17. The SMILES string of the molecule is C/C=C/COC(=O)c1ccc([N+](=O)[O-])o1. The van der Waals surface area contributed by atoms with Gasteiger partial charge >= 0.3 is 11.9 Å². The number of carbonyl (C=O) groups is 1. The van der Waals surface area contributed by atoms with Crippen LogP contribution in [0.1, 0.15) is 17.5 Å². The summed E-state index contributed by atoms with van der Waals surface area (Å²) in [6, 6.07) is 2.31. The fourth-order valence-electron chi connectivity index (χ4n) is 0.827. The van der Waals surface area contributed by atoms with E-state index in [1.807, 2.05) is 0 Å². The normalized spacial score (nSPS) is 10.5. The molecule has 0 N–H and O–H groups in total. The molecular formula is C9H9NO5. The Morgan fingerprint density at radius 2 is 2.40 bits per heavy atom. The number of rotatable bonds is 4. The molecule has 1 aromatic heterocycles. The second-order valence-corrected chi connectivity index (χ2v) is 2.56. The maximum atomic E-state index is 11.2. The van der Waals surface area contributed by atoms with E-state index < -0.39 is 16.8 Å². The average molecular weight is 211 g/mol. The highest BCUT2D eigenvalue weighted by molar-refractivity contribution is 5.86. The topological polar surface area (TPSA) is 82.6 Å². The number of nitrogens with zero attached hydrogens (tertiary/aromatic N) is 1. The average Bonchev–Trinajstić information content (AvgIpc) is 2.66. The summed E-state index contributed by atoms with van der Waals surface area (Å²) in [5.41, 5.74) is 0. The number of ether oxygens (including phenoxy) is 1. The minimum Gasteiger partial charge on any atom is -0.456 e. The van der Waals surface area contributed by atoms with Crippen molar-refractivity contribution in [1.29, 1.82) is 0 Å². The Kier molecular flexibility index (Phi) is 3.61. The fraction of sp³-hybridized carbons (Fsp3) is 0.222. The van der Waals surface area contributed by atoms with Crippen molar-refractivity contribution in [2.24, 2.45) is 0 Å². The number of esters is 1. The second-order valence-electron chi connectivity index (χ2n) is 2.56. The van der Waals surface area contributed by atoms with Crippen molar-refractivity contribution in [2.75, 3.05) is 6.61 Å². The third-order valence-electron chi connectivity index (χ3n) is 1.52. The first kappa shape index (κ1) is 11.0. The van der Waals surface area contributed by atoms with Gasteiger partial charge in [0, 0.05) is 0 Å². The van der Waals surface area contributed by atoms with Crippen LogP contribution in [0.4, 0.5) is 5.88 Å². The summed E-state index contributed by atoms with van der Waals surface area (Å²) in [7, 11) is 0.